The number of alkyl halides is 1. The Morgan fingerprint density at radius 1 is 0.714 bits per heavy atom. The highest BCUT2D eigenvalue weighted by Gasteiger charge is 2.29. The Morgan fingerprint density at radius 2 is 1.14 bits per heavy atom. The molecule has 2 aromatic rings. The van der Waals surface area contributed by atoms with E-state index in [1.165, 1.54) is 12.1 Å². The molecule has 0 heterocycles. The largest absolute Gasteiger partial charge is 0.207 e. The third-order valence-corrected chi connectivity index (χ3v) is 3.26. The molecular weight excluding hydrogens is 318 g/mol. The summed E-state index contributed by atoms with van der Waals surface area (Å²) in [4.78, 5) is 0. The van der Waals surface area contributed by atoms with Crippen LogP contribution >= 0.6 is 11.6 Å². The molecule has 0 saturated carbocycles. The lowest BCUT2D eigenvalue weighted by Gasteiger charge is -2.13. The second-order valence-electron chi connectivity index (χ2n) is 4.28. The van der Waals surface area contributed by atoms with E-state index < -0.39 is 45.8 Å². The van der Waals surface area contributed by atoms with Gasteiger partial charge in [-0.2, -0.15) is 0 Å². The Labute approximate surface area is 121 Å². The van der Waals surface area contributed by atoms with Crippen molar-refractivity contribution in [2.45, 2.75) is 11.8 Å². The predicted octanol–water partition coefficient (Wildman–Crippen LogP) is 5.04. The summed E-state index contributed by atoms with van der Waals surface area (Å²) in [5, 5.41) is -1.49. The van der Waals surface area contributed by atoms with Crippen molar-refractivity contribution in [3.8, 4) is 0 Å². The predicted molar refractivity (Wildman–Crippen MR) is 64.9 cm³/mol. The molecule has 0 aliphatic rings. The molecule has 2 rings (SSSR count). The van der Waals surface area contributed by atoms with Crippen molar-refractivity contribution in [2.75, 3.05) is 0 Å². The standard InChI is InChI=1S/C14H7ClF6/c15-8(5-6-1-3-7(16)4-2-6)9-10(17)12(19)14(21)13(20)11(9)18/h1-4,8H,5H2. The first-order chi connectivity index (χ1) is 9.82. The van der Waals surface area contributed by atoms with E-state index in [0.717, 1.165) is 12.1 Å². The van der Waals surface area contributed by atoms with Crippen molar-refractivity contribution in [1.29, 1.82) is 0 Å². The van der Waals surface area contributed by atoms with Gasteiger partial charge in [-0.25, -0.2) is 26.3 Å². The van der Waals surface area contributed by atoms with Crippen LogP contribution < -0.4 is 0 Å². The molecule has 0 spiro atoms. The molecule has 1 unspecified atom stereocenters. The van der Waals surface area contributed by atoms with Crippen LogP contribution in [0.25, 0.3) is 0 Å². The summed E-state index contributed by atoms with van der Waals surface area (Å²) in [5.41, 5.74) is -0.710. The van der Waals surface area contributed by atoms with E-state index in [9.17, 15) is 26.3 Å². The molecule has 0 aliphatic carbocycles. The first kappa shape index (κ1) is 15.7. The lowest BCUT2D eigenvalue weighted by Crippen LogP contribution is -2.10. The summed E-state index contributed by atoms with van der Waals surface area (Å²) in [6, 6.07) is 4.79. The summed E-state index contributed by atoms with van der Waals surface area (Å²) in [5.74, 6) is -10.8. The Hall–Kier alpha value is -1.69. The van der Waals surface area contributed by atoms with Crippen molar-refractivity contribution >= 4 is 11.6 Å². The Kier molecular flexibility index (Phi) is 4.46. The molecular formula is C14H7ClF6. The van der Waals surface area contributed by atoms with Crippen molar-refractivity contribution in [3.63, 3.8) is 0 Å². The van der Waals surface area contributed by atoms with E-state index >= 15 is 0 Å². The highest BCUT2D eigenvalue weighted by molar-refractivity contribution is 6.21. The molecule has 0 nitrogen and oxygen atoms in total. The fourth-order valence-electron chi connectivity index (χ4n) is 1.83. The van der Waals surface area contributed by atoms with Gasteiger partial charge in [0.05, 0.1) is 5.38 Å². The van der Waals surface area contributed by atoms with Gasteiger partial charge in [0.25, 0.3) is 0 Å². The normalized spacial score (nSPS) is 12.5. The number of benzene rings is 2. The molecule has 0 saturated heterocycles. The number of hydrogen-bond acceptors (Lipinski definition) is 0. The second kappa shape index (κ2) is 5.97. The monoisotopic (exact) mass is 324 g/mol. The molecule has 0 aliphatic heterocycles. The first-order valence-corrected chi connectivity index (χ1v) is 6.16. The SMILES string of the molecule is Fc1ccc(CC(Cl)c2c(F)c(F)c(F)c(F)c2F)cc1. The third-order valence-electron chi connectivity index (χ3n) is 2.89. The first-order valence-electron chi connectivity index (χ1n) is 5.72. The van der Waals surface area contributed by atoms with Gasteiger partial charge in [0.1, 0.15) is 5.82 Å². The van der Waals surface area contributed by atoms with E-state index in [-0.39, 0.29) is 6.42 Å². The van der Waals surface area contributed by atoms with Crippen molar-refractivity contribution in [1.82, 2.24) is 0 Å². The third kappa shape index (κ3) is 3.00. The molecule has 0 radical (unpaired) electrons. The maximum Gasteiger partial charge on any atom is 0.200 e. The Morgan fingerprint density at radius 3 is 1.62 bits per heavy atom. The topological polar surface area (TPSA) is 0 Å². The van der Waals surface area contributed by atoms with Gasteiger partial charge < -0.3 is 0 Å². The Balaban J connectivity index is 2.39. The average molecular weight is 325 g/mol. The van der Waals surface area contributed by atoms with Crippen LogP contribution in [0.4, 0.5) is 26.3 Å². The summed E-state index contributed by atoms with van der Waals surface area (Å²) in [6.07, 6.45) is -0.222. The molecule has 0 bridgehead atoms. The van der Waals surface area contributed by atoms with Crippen LogP contribution in [0.3, 0.4) is 0 Å². The second-order valence-corrected chi connectivity index (χ2v) is 4.81. The smallest absolute Gasteiger partial charge is 0.200 e. The summed E-state index contributed by atoms with van der Waals surface area (Å²) in [7, 11) is 0. The van der Waals surface area contributed by atoms with Gasteiger partial charge in [-0.3, -0.25) is 0 Å². The van der Waals surface area contributed by atoms with Crippen LogP contribution in [0.2, 0.25) is 0 Å². The van der Waals surface area contributed by atoms with Crippen LogP contribution in [0.15, 0.2) is 24.3 Å². The maximum atomic E-state index is 13.6. The minimum Gasteiger partial charge on any atom is -0.207 e. The summed E-state index contributed by atoms with van der Waals surface area (Å²) >= 11 is 5.76. The zero-order valence-corrected chi connectivity index (χ0v) is 11.0. The van der Waals surface area contributed by atoms with Crippen molar-refractivity contribution in [2.24, 2.45) is 0 Å². The average Bonchev–Trinajstić information content (AvgIpc) is 2.46. The molecule has 112 valence electrons. The van der Waals surface area contributed by atoms with Crippen LogP contribution in [0.1, 0.15) is 16.5 Å². The summed E-state index contributed by atoms with van der Waals surface area (Å²) in [6.45, 7) is 0. The van der Waals surface area contributed by atoms with Crippen LogP contribution in [-0.4, -0.2) is 0 Å². The zero-order valence-electron chi connectivity index (χ0n) is 10.2. The lowest BCUT2D eigenvalue weighted by atomic mass is 10.0. The van der Waals surface area contributed by atoms with Crippen LogP contribution in [-0.2, 0) is 6.42 Å². The van der Waals surface area contributed by atoms with Crippen molar-refractivity contribution in [3.05, 3.63) is 70.3 Å². The summed E-state index contributed by atoms with van der Waals surface area (Å²) < 4.78 is 78.9. The van der Waals surface area contributed by atoms with Crippen LogP contribution in [0.5, 0.6) is 0 Å². The van der Waals surface area contributed by atoms with E-state index in [4.69, 9.17) is 11.6 Å². The molecule has 0 fully saturated rings. The zero-order chi connectivity index (χ0) is 15.7. The van der Waals surface area contributed by atoms with Gasteiger partial charge in [-0.15, -0.1) is 11.6 Å². The number of rotatable bonds is 3. The Bertz CT molecular complexity index is 639. The highest BCUT2D eigenvalue weighted by atomic mass is 35.5. The fourth-order valence-corrected chi connectivity index (χ4v) is 2.20. The molecule has 21 heavy (non-hydrogen) atoms. The van der Waals surface area contributed by atoms with E-state index in [2.05, 4.69) is 0 Å². The maximum absolute atomic E-state index is 13.6. The molecule has 0 N–H and O–H groups in total. The van der Waals surface area contributed by atoms with Crippen molar-refractivity contribution < 1.29 is 26.3 Å². The molecule has 1 atom stereocenters. The number of hydrogen-bond donors (Lipinski definition) is 0. The molecule has 2 aromatic carbocycles. The number of halogens is 7. The minimum absolute atomic E-state index is 0.222. The van der Waals surface area contributed by atoms with Gasteiger partial charge >= 0.3 is 0 Å². The molecule has 7 heteroatoms. The molecule has 0 amide bonds. The van der Waals surface area contributed by atoms with Gasteiger partial charge in [-0.05, 0) is 24.1 Å². The van der Waals surface area contributed by atoms with E-state index in [1.54, 1.807) is 0 Å². The van der Waals surface area contributed by atoms with Gasteiger partial charge in [-0.1, -0.05) is 12.1 Å². The minimum atomic E-state index is -2.24. The van der Waals surface area contributed by atoms with Gasteiger partial charge in [0.15, 0.2) is 23.3 Å². The fraction of sp³-hybridized carbons (Fsp3) is 0.143. The van der Waals surface area contributed by atoms with Gasteiger partial charge in [0, 0.05) is 5.56 Å². The van der Waals surface area contributed by atoms with Gasteiger partial charge in [0.2, 0.25) is 5.82 Å². The quantitative estimate of drug-likeness (QED) is 0.321. The molecule has 0 aromatic heterocycles. The highest BCUT2D eigenvalue weighted by Crippen LogP contribution is 2.33. The van der Waals surface area contributed by atoms with E-state index in [1.807, 2.05) is 0 Å². The van der Waals surface area contributed by atoms with Crippen LogP contribution in [0, 0.1) is 34.9 Å². The lowest BCUT2D eigenvalue weighted by molar-refractivity contribution is 0.369. The van der Waals surface area contributed by atoms with E-state index in [0.29, 0.717) is 5.56 Å².